The van der Waals surface area contributed by atoms with Crippen LogP contribution < -0.4 is 5.32 Å². The molecular formula is C16H17N3O2. The van der Waals surface area contributed by atoms with Crippen LogP contribution in [0.4, 0.5) is 4.79 Å². The normalized spacial score (nSPS) is 19.9. The van der Waals surface area contributed by atoms with Gasteiger partial charge in [0.05, 0.1) is 18.2 Å². The lowest BCUT2D eigenvalue weighted by molar-refractivity contribution is -0.131. The van der Waals surface area contributed by atoms with Crippen molar-refractivity contribution in [1.82, 2.24) is 10.2 Å². The summed E-state index contributed by atoms with van der Waals surface area (Å²) >= 11 is 0. The molecule has 1 heterocycles. The van der Waals surface area contributed by atoms with Gasteiger partial charge in [-0.1, -0.05) is 18.9 Å². The van der Waals surface area contributed by atoms with Crippen molar-refractivity contribution in [3.05, 3.63) is 34.9 Å². The second-order valence-corrected chi connectivity index (χ2v) is 5.86. The molecule has 0 unspecified atom stereocenters. The molecule has 5 nitrogen and oxygen atoms in total. The predicted octanol–water partition coefficient (Wildman–Crippen LogP) is 2.23. The van der Waals surface area contributed by atoms with E-state index < -0.39 is 5.54 Å². The first-order chi connectivity index (χ1) is 10.1. The molecule has 3 amide bonds. The van der Waals surface area contributed by atoms with Crippen LogP contribution in [0.5, 0.6) is 0 Å². The maximum atomic E-state index is 12.6. The molecular weight excluding hydrogens is 266 g/mol. The zero-order valence-corrected chi connectivity index (χ0v) is 12.0. The maximum absolute atomic E-state index is 12.6. The Bertz CT molecular complexity index is 654. The summed E-state index contributed by atoms with van der Waals surface area (Å²) in [5.41, 5.74) is 1.74. The molecule has 0 atom stereocenters. The van der Waals surface area contributed by atoms with Crippen LogP contribution in [0, 0.1) is 18.3 Å². The minimum Gasteiger partial charge on any atom is -0.323 e. The van der Waals surface area contributed by atoms with Crippen molar-refractivity contribution < 1.29 is 9.59 Å². The summed E-state index contributed by atoms with van der Waals surface area (Å²) in [4.78, 5) is 26.0. The van der Waals surface area contributed by atoms with Crippen molar-refractivity contribution in [2.45, 2.75) is 44.7 Å². The van der Waals surface area contributed by atoms with Crippen molar-refractivity contribution in [2.24, 2.45) is 0 Å². The van der Waals surface area contributed by atoms with Crippen molar-refractivity contribution in [1.29, 1.82) is 5.26 Å². The number of rotatable bonds is 2. The van der Waals surface area contributed by atoms with Crippen LogP contribution in [-0.2, 0) is 11.3 Å². The predicted molar refractivity (Wildman–Crippen MR) is 76.2 cm³/mol. The van der Waals surface area contributed by atoms with Gasteiger partial charge in [-0.2, -0.15) is 5.26 Å². The number of aryl methyl sites for hydroxylation is 1. The Hall–Kier alpha value is -2.35. The summed E-state index contributed by atoms with van der Waals surface area (Å²) < 4.78 is 0. The fourth-order valence-electron chi connectivity index (χ4n) is 3.25. The maximum Gasteiger partial charge on any atom is 0.325 e. The number of imide groups is 1. The third-order valence-electron chi connectivity index (χ3n) is 4.50. The molecule has 2 fully saturated rings. The van der Waals surface area contributed by atoms with E-state index in [1.54, 1.807) is 12.1 Å². The van der Waals surface area contributed by atoms with Gasteiger partial charge in [0, 0.05) is 0 Å². The Labute approximate surface area is 123 Å². The molecule has 3 rings (SSSR count). The van der Waals surface area contributed by atoms with Crippen LogP contribution in [-0.4, -0.2) is 22.4 Å². The summed E-state index contributed by atoms with van der Waals surface area (Å²) in [6.07, 6.45) is 3.44. The van der Waals surface area contributed by atoms with E-state index in [2.05, 4.69) is 11.4 Å². The van der Waals surface area contributed by atoms with Gasteiger partial charge in [0.1, 0.15) is 5.54 Å². The smallest absolute Gasteiger partial charge is 0.323 e. The Morgan fingerprint density at radius 1 is 1.33 bits per heavy atom. The van der Waals surface area contributed by atoms with Crippen LogP contribution in [0.15, 0.2) is 18.2 Å². The van der Waals surface area contributed by atoms with Crippen molar-refractivity contribution >= 4 is 11.9 Å². The monoisotopic (exact) mass is 283 g/mol. The third kappa shape index (κ3) is 2.17. The van der Waals surface area contributed by atoms with Gasteiger partial charge in [-0.3, -0.25) is 9.69 Å². The number of hydrogen-bond acceptors (Lipinski definition) is 3. The Kier molecular flexibility index (Phi) is 3.17. The number of carbonyl (C=O) groups is 2. The molecule has 108 valence electrons. The fourth-order valence-corrected chi connectivity index (χ4v) is 3.25. The topological polar surface area (TPSA) is 73.2 Å². The average Bonchev–Trinajstić information content (AvgIpc) is 3.02. The molecule has 2 aliphatic rings. The molecule has 1 aromatic rings. The van der Waals surface area contributed by atoms with Gasteiger partial charge in [0.25, 0.3) is 5.91 Å². The lowest BCUT2D eigenvalue weighted by atomic mass is 9.97. The fraction of sp³-hybridized carbons (Fsp3) is 0.438. The highest BCUT2D eigenvalue weighted by molar-refractivity contribution is 6.07. The van der Waals surface area contributed by atoms with Gasteiger partial charge in [-0.25, -0.2) is 4.79 Å². The quantitative estimate of drug-likeness (QED) is 0.846. The molecule has 0 aromatic heterocycles. The van der Waals surface area contributed by atoms with Gasteiger partial charge >= 0.3 is 6.03 Å². The zero-order chi connectivity index (χ0) is 15.0. The highest BCUT2D eigenvalue weighted by atomic mass is 16.2. The number of nitrogens with one attached hydrogen (secondary N) is 1. The minimum absolute atomic E-state index is 0.103. The van der Waals surface area contributed by atoms with Gasteiger partial charge in [-0.05, 0) is 43.0 Å². The molecule has 21 heavy (non-hydrogen) atoms. The number of benzene rings is 1. The zero-order valence-electron chi connectivity index (χ0n) is 12.0. The summed E-state index contributed by atoms with van der Waals surface area (Å²) in [6.45, 7) is 2.16. The molecule has 0 radical (unpaired) electrons. The van der Waals surface area contributed by atoms with Gasteiger partial charge in [-0.15, -0.1) is 0 Å². The van der Waals surface area contributed by atoms with E-state index in [0.717, 1.165) is 36.8 Å². The molecule has 0 bridgehead atoms. The first kappa shape index (κ1) is 13.6. The average molecular weight is 283 g/mol. The van der Waals surface area contributed by atoms with E-state index in [9.17, 15) is 9.59 Å². The first-order valence-electron chi connectivity index (χ1n) is 7.19. The third-order valence-corrected chi connectivity index (χ3v) is 4.50. The van der Waals surface area contributed by atoms with E-state index in [1.807, 2.05) is 13.0 Å². The van der Waals surface area contributed by atoms with Crippen LogP contribution >= 0.6 is 0 Å². The summed E-state index contributed by atoms with van der Waals surface area (Å²) in [7, 11) is 0. The molecule has 1 aromatic carbocycles. The highest BCUT2D eigenvalue weighted by Gasteiger charge is 2.52. The summed E-state index contributed by atoms with van der Waals surface area (Å²) in [5, 5.41) is 11.8. The van der Waals surface area contributed by atoms with Crippen molar-refractivity contribution in [3.63, 3.8) is 0 Å². The second-order valence-electron chi connectivity index (χ2n) is 5.86. The van der Waals surface area contributed by atoms with E-state index in [0.29, 0.717) is 5.56 Å². The highest BCUT2D eigenvalue weighted by Crippen LogP contribution is 2.35. The van der Waals surface area contributed by atoms with E-state index in [1.165, 1.54) is 4.90 Å². The van der Waals surface area contributed by atoms with Crippen LogP contribution in [0.2, 0.25) is 0 Å². The van der Waals surface area contributed by atoms with Gasteiger partial charge < -0.3 is 5.32 Å². The lowest BCUT2D eigenvalue weighted by Crippen LogP contribution is -2.44. The van der Waals surface area contributed by atoms with Crippen LogP contribution in [0.3, 0.4) is 0 Å². The summed E-state index contributed by atoms with van der Waals surface area (Å²) in [5.74, 6) is -0.103. The number of urea groups is 1. The SMILES string of the molecule is Cc1cc(C#N)ccc1CN1C(=O)NC2(CCCC2)C1=O. The Morgan fingerprint density at radius 3 is 2.67 bits per heavy atom. The first-order valence-corrected chi connectivity index (χ1v) is 7.19. The molecule has 1 saturated heterocycles. The van der Waals surface area contributed by atoms with E-state index in [4.69, 9.17) is 5.26 Å². The standard InChI is InChI=1S/C16H17N3O2/c1-11-8-12(9-17)4-5-13(11)10-19-14(20)16(18-15(19)21)6-2-3-7-16/h4-5,8H,2-3,6-7,10H2,1H3,(H,18,21). The molecule has 1 aliphatic heterocycles. The second kappa shape index (κ2) is 4.88. The molecule has 1 spiro atoms. The van der Waals surface area contributed by atoms with E-state index >= 15 is 0 Å². The number of nitriles is 1. The minimum atomic E-state index is -0.655. The molecule has 5 heteroatoms. The Morgan fingerprint density at radius 2 is 2.05 bits per heavy atom. The molecule has 1 aliphatic carbocycles. The Balaban J connectivity index is 1.84. The molecule has 1 N–H and O–H groups in total. The van der Waals surface area contributed by atoms with Crippen molar-refractivity contribution in [2.75, 3.05) is 0 Å². The number of carbonyl (C=O) groups excluding carboxylic acids is 2. The largest absolute Gasteiger partial charge is 0.325 e. The number of amides is 3. The van der Waals surface area contributed by atoms with E-state index in [-0.39, 0.29) is 18.5 Å². The lowest BCUT2D eigenvalue weighted by Gasteiger charge is -2.20. The molecule has 1 saturated carbocycles. The van der Waals surface area contributed by atoms with Crippen molar-refractivity contribution in [3.8, 4) is 6.07 Å². The number of nitrogens with zero attached hydrogens (tertiary/aromatic N) is 2. The van der Waals surface area contributed by atoms with Gasteiger partial charge in [0.2, 0.25) is 0 Å². The van der Waals surface area contributed by atoms with Crippen LogP contribution in [0.1, 0.15) is 42.4 Å². The number of hydrogen-bond donors (Lipinski definition) is 1. The van der Waals surface area contributed by atoms with Crippen LogP contribution in [0.25, 0.3) is 0 Å². The summed E-state index contributed by atoms with van der Waals surface area (Å²) in [6, 6.07) is 7.09. The van der Waals surface area contributed by atoms with Gasteiger partial charge in [0.15, 0.2) is 0 Å².